The molecule has 1 aliphatic carbocycles. The Bertz CT molecular complexity index is 356. The van der Waals surface area contributed by atoms with Gasteiger partial charge in [-0.2, -0.15) is 11.8 Å². The fraction of sp³-hybridized carbons (Fsp3) is 0.647. The van der Waals surface area contributed by atoms with Crippen LogP contribution in [0.1, 0.15) is 49.7 Å². The summed E-state index contributed by atoms with van der Waals surface area (Å²) in [7, 11) is 0. The molecule has 1 fully saturated rings. The van der Waals surface area contributed by atoms with Crippen LogP contribution >= 0.6 is 11.8 Å². The minimum atomic E-state index is 0.693. The normalized spacial score (nSPS) is 16.5. The lowest BCUT2D eigenvalue weighted by atomic mass is 9.93. The summed E-state index contributed by atoms with van der Waals surface area (Å²) in [5.74, 6) is 3.25. The maximum atomic E-state index is 3.70. The topological polar surface area (TPSA) is 12.0 Å². The van der Waals surface area contributed by atoms with Crippen LogP contribution in [0.2, 0.25) is 0 Å². The van der Waals surface area contributed by atoms with Gasteiger partial charge in [-0.1, -0.05) is 36.8 Å². The molecule has 0 bridgehead atoms. The summed E-state index contributed by atoms with van der Waals surface area (Å²) in [5, 5.41) is 3.70. The van der Waals surface area contributed by atoms with Gasteiger partial charge in [-0.15, -0.1) is 0 Å². The van der Waals surface area contributed by atoms with Gasteiger partial charge in [0.05, 0.1) is 0 Å². The Morgan fingerprint density at radius 3 is 2.63 bits per heavy atom. The van der Waals surface area contributed by atoms with E-state index in [1.54, 1.807) is 0 Å². The summed E-state index contributed by atoms with van der Waals surface area (Å²) in [6.45, 7) is 5.57. The van der Waals surface area contributed by atoms with E-state index in [1.807, 2.05) is 0 Å². The van der Waals surface area contributed by atoms with E-state index in [4.69, 9.17) is 0 Å². The number of thioether (sulfide) groups is 1. The molecule has 1 aromatic rings. The monoisotopic (exact) mass is 277 g/mol. The van der Waals surface area contributed by atoms with Crippen LogP contribution in [0.25, 0.3) is 0 Å². The molecule has 106 valence electrons. The third-order valence-electron chi connectivity index (χ3n) is 3.82. The van der Waals surface area contributed by atoms with E-state index in [-0.39, 0.29) is 0 Å². The summed E-state index contributed by atoms with van der Waals surface area (Å²) < 4.78 is 0. The highest BCUT2D eigenvalue weighted by atomic mass is 32.2. The summed E-state index contributed by atoms with van der Waals surface area (Å²) in [4.78, 5) is 0. The first-order valence-electron chi connectivity index (χ1n) is 7.67. The zero-order chi connectivity index (χ0) is 13.5. The summed E-state index contributed by atoms with van der Waals surface area (Å²) >= 11 is 2.06. The maximum Gasteiger partial charge on any atom is 0.00684 e. The van der Waals surface area contributed by atoms with E-state index in [9.17, 15) is 0 Å². The Balaban J connectivity index is 1.85. The van der Waals surface area contributed by atoms with Crippen molar-refractivity contribution in [3.05, 3.63) is 35.4 Å². The van der Waals surface area contributed by atoms with Crippen LogP contribution in [-0.4, -0.2) is 24.1 Å². The molecule has 1 aromatic carbocycles. The molecule has 0 amide bonds. The lowest BCUT2D eigenvalue weighted by molar-refractivity contribution is 0.544. The average molecular weight is 277 g/mol. The molecule has 0 spiro atoms. The van der Waals surface area contributed by atoms with Gasteiger partial charge in [-0.05, 0) is 55.6 Å². The van der Waals surface area contributed by atoms with Gasteiger partial charge in [0.15, 0.2) is 0 Å². The number of benzene rings is 1. The third-order valence-corrected chi connectivity index (χ3v) is 4.81. The molecule has 2 rings (SSSR count). The van der Waals surface area contributed by atoms with Gasteiger partial charge in [0.25, 0.3) is 0 Å². The van der Waals surface area contributed by atoms with Crippen LogP contribution < -0.4 is 5.32 Å². The van der Waals surface area contributed by atoms with Crippen LogP contribution in [0, 0.1) is 6.92 Å². The Kier molecular flexibility index (Phi) is 6.25. The SMILES string of the molecule is CCSCCCC(CNC1CC1)c1ccc(C)cc1. The average Bonchev–Trinajstić information content (AvgIpc) is 3.23. The number of hydrogen-bond donors (Lipinski definition) is 1. The first-order valence-corrected chi connectivity index (χ1v) is 8.82. The third kappa shape index (κ3) is 5.58. The summed E-state index contributed by atoms with van der Waals surface area (Å²) in [6, 6.07) is 9.96. The molecule has 1 aliphatic rings. The van der Waals surface area contributed by atoms with Gasteiger partial charge in [0.2, 0.25) is 0 Å². The molecule has 0 aromatic heterocycles. The van der Waals surface area contributed by atoms with E-state index in [0.29, 0.717) is 5.92 Å². The van der Waals surface area contributed by atoms with Crippen molar-refractivity contribution in [3.8, 4) is 0 Å². The zero-order valence-electron chi connectivity index (χ0n) is 12.3. The molecule has 0 radical (unpaired) electrons. The number of nitrogens with one attached hydrogen (secondary N) is 1. The fourth-order valence-electron chi connectivity index (χ4n) is 2.40. The Labute approximate surface area is 122 Å². The Morgan fingerprint density at radius 2 is 2.00 bits per heavy atom. The van der Waals surface area contributed by atoms with Gasteiger partial charge < -0.3 is 5.32 Å². The highest BCUT2D eigenvalue weighted by Crippen LogP contribution is 2.25. The molecule has 1 unspecified atom stereocenters. The Morgan fingerprint density at radius 1 is 1.26 bits per heavy atom. The highest BCUT2D eigenvalue weighted by molar-refractivity contribution is 7.99. The molecule has 19 heavy (non-hydrogen) atoms. The van der Waals surface area contributed by atoms with Crippen LogP contribution in [0.15, 0.2) is 24.3 Å². The van der Waals surface area contributed by atoms with Crippen molar-refractivity contribution < 1.29 is 0 Å². The van der Waals surface area contributed by atoms with Gasteiger partial charge in [-0.3, -0.25) is 0 Å². The summed E-state index contributed by atoms with van der Waals surface area (Å²) in [5.41, 5.74) is 2.87. The van der Waals surface area contributed by atoms with E-state index >= 15 is 0 Å². The smallest absolute Gasteiger partial charge is 0.00684 e. The Hall–Kier alpha value is -0.470. The van der Waals surface area contributed by atoms with Crippen molar-refractivity contribution in [2.45, 2.75) is 51.5 Å². The van der Waals surface area contributed by atoms with Crippen molar-refractivity contribution in [2.75, 3.05) is 18.1 Å². The quantitative estimate of drug-likeness (QED) is 0.673. The number of aryl methyl sites for hydroxylation is 1. The van der Waals surface area contributed by atoms with Gasteiger partial charge >= 0.3 is 0 Å². The lowest BCUT2D eigenvalue weighted by Gasteiger charge is -2.18. The summed E-state index contributed by atoms with van der Waals surface area (Å²) in [6.07, 6.45) is 5.41. The predicted molar refractivity (Wildman–Crippen MR) is 87.2 cm³/mol. The second-order valence-electron chi connectivity index (χ2n) is 5.63. The van der Waals surface area contributed by atoms with Crippen LogP contribution in [0.3, 0.4) is 0 Å². The van der Waals surface area contributed by atoms with Crippen molar-refractivity contribution in [1.29, 1.82) is 0 Å². The van der Waals surface area contributed by atoms with E-state index in [2.05, 4.69) is 55.2 Å². The molecule has 0 aliphatic heterocycles. The first-order chi connectivity index (χ1) is 9.29. The maximum absolute atomic E-state index is 3.70. The van der Waals surface area contributed by atoms with Gasteiger partial charge in [0.1, 0.15) is 0 Å². The first kappa shape index (κ1) is 14.9. The number of rotatable bonds is 9. The molecule has 1 atom stereocenters. The molecular weight excluding hydrogens is 250 g/mol. The minimum Gasteiger partial charge on any atom is -0.313 e. The fourth-order valence-corrected chi connectivity index (χ4v) is 3.06. The van der Waals surface area contributed by atoms with Gasteiger partial charge in [-0.25, -0.2) is 0 Å². The van der Waals surface area contributed by atoms with E-state index in [0.717, 1.165) is 12.6 Å². The lowest BCUT2D eigenvalue weighted by Crippen LogP contribution is -2.23. The van der Waals surface area contributed by atoms with Crippen molar-refractivity contribution in [1.82, 2.24) is 5.32 Å². The van der Waals surface area contributed by atoms with Crippen molar-refractivity contribution in [2.24, 2.45) is 0 Å². The molecule has 1 N–H and O–H groups in total. The van der Waals surface area contributed by atoms with Gasteiger partial charge in [0, 0.05) is 12.6 Å². The molecular formula is C17H27NS. The second-order valence-corrected chi connectivity index (χ2v) is 7.02. The zero-order valence-corrected chi connectivity index (χ0v) is 13.1. The van der Waals surface area contributed by atoms with Crippen LogP contribution in [0.5, 0.6) is 0 Å². The molecule has 1 nitrogen and oxygen atoms in total. The highest BCUT2D eigenvalue weighted by Gasteiger charge is 2.22. The van der Waals surface area contributed by atoms with Crippen LogP contribution in [-0.2, 0) is 0 Å². The largest absolute Gasteiger partial charge is 0.313 e. The molecule has 0 heterocycles. The van der Waals surface area contributed by atoms with E-state index < -0.39 is 0 Å². The second kappa shape index (κ2) is 7.96. The minimum absolute atomic E-state index is 0.693. The predicted octanol–water partition coefficient (Wildman–Crippen LogP) is 4.36. The molecule has 2 heteroatoms. The van der Waals surface area contributed by atoms with E-state index in [1.165, 1.54) is 48.3 Å². The molecule has 0 saturated heterocycles. The van der Waals surface area contributed by atoms with Crippen molar-refractivity contribution >= 4 is 11.8 Å². The number of hydrogen-bond acceptors (Lipinski definition) is 2. The standard InChI is InChI=1S/C17H27NS/c1-3-19-12-4-5-16(13-18-17-10-11-17)15-8-6-14(2)7-9-15/h6-9,16-18H,3-5,10-13H2,1-2H3. The van der Waals surface area contributed by atoms with Crippen LogP contribution in [0.4, 0.5) is 0 Å². The van der Waals surface area contributed by atoms with Crippen molar-refractivity contribution in [3.63, 3.8) is 0 Å². The molecule has 1 saturated carbocycles.